The van der Waals surface area contributed by atoms with E-state index in [1.165, 1.54) is 6.07 Å². The average Bonchev–Trinajstić information content (AvgIpc) is 3.67. The quantitative estimate of drug-likeness (QED) is 0.244. The highest BCUT2D eigenvalue weighted by Crippen LogP contribution is 2.47. The Morgan fingerprint density at radius 2 is 1.89 bits per heavy atom. The lowest BCUT2D eigenvalue weighted by Gasteiger charge is -2.35. The molecule has 3 heterocycles. The van der Waals surface area contributed by atoms with Crippen LogP contribution in [0.25, 0.3) is 0 Å². The smallest absolute Gasteiger partial charge is 0.308 e. The van der Waals surface area contributed by atoms with Gasteiger partial charge in [-0.05, 0) is 93.3 Å². The lowest BCUT2D eigenvalue weighted by molar-refractivity contribution is -0.143. The predicted octanol–water partition coefficient (Wildman–Crippen LogP) is 6.69. The van der Waals surface area contributed by atoms with Crippen molar-refractivity contribution in [2.75, 3.05) is 38.5 Å². The standard InChI is InChI=1S/C36H49FN2O7/c1-5-9-25(10-6-2)39(26-12-14-29(37)23(3)17-26)33(40)21-38-20-28(24-18-31(43-4)35-32(19-24)45-22-46-35)34(36(41)42)30(38)15-13-27-11-7-8-16-44-27/h12,14,17-19,25,27-28,30,34H,5-11,13,15-16,20-22H2,1-4H3,(H,41,42)/t27?,28-,30+,34?/m1/s1. The monoisotopic (exact) mass is 640 g/mol. The Kier molecular flexibility index (Phi) is 11.4. The molecule has 2 saturated heterocycles. The second kappa shape index (κ2) is 15.5. The van der Waals surface area contributed by atoms with E-state index in [2.05, 4.69) is 18.7 Å². The molecule has 46 heavy (non-hydrogen) atoms. The van der Waals surface area contributed by atoms with Crippen LogP contribution in [-0.2, 0) is 14.3 Å². The first-order valence-electron chi connectivity index (χ1n) is 16.9. The maximum Gasteiger partial charge on any atom is 0.308 e. The van der Waals surface area contributed by atoms with E-state index in [9.17, 15) is 19.1 Å². The van der Waals surface area contributed by atoms with Crippen molar-refractivity contribution in [1.82, 2.24) is 4.90 Å². The van der Waals surface area contributed by atoms with E-state index in [1.54, 1.807) is 26.2 Å². The van der Waals surface area contributed by atoms with Crippen molar-refractivity contribution in [3.8, 4) is 17.2 Å². The fraction of sp³-hybridized carbons (Fsp3) is 0.611. The van der Waals surface area contributed by atoms with Crippen LogP contribution >= 0.6 is 0 Å². The van der Waals surface area contributed by atoms with Crippen LogP contribution in [0.1, 0.15) is 88.7 Å². The van der Waals surface area contributed by atoms with E-state index in [0.717, 1.165) is 63.5 Å². The minimum Gasteiger partial charge on any atom is -0.493 e. The molecule has 0 radical (unpaired) electrons. The van der Waals surface area contributed by atoms with Crippen LogP contribution in [0.4, 0.5) is 10.1 Å². The number of likely N-dealkylation sites (tertiary alicyclic amines) is 1. The first kappa shape index (κ1) is 34.0. The van der Waals surface area contributed by atoms with Gasteiger partial charge in [0.25, 0.3) is 0 Å². The van der Waals surface area contributed by atoms with E-state index < -0.39 is 17.8 Å². The van der Waals surface area contributed by atoms with E-state index in [-0.39, 0.29) is 43.2 Å². The number of aliphatic carboxylic acids is 1. The second-order valence-corrected chi connectivity index (χ2v) is 12.9. The molecule has 252 valence electrons. The van der Waals surface area contributed by atoms with Crippen LogP contribution in [0.2, 0.25) is 0 Å². The first-order valence-corrected chi connectivity index (χ1v) is 16.9. The number of rotatable bonds is 14. The summed E-state index contributed by atoms with van der Waals surface area (Å²) in [7, 11) is 1.55. The molecule has 2 aromatic carbocycles. The molecule has 3 aliphatic rings. The number of fused-ring (bicyclic) bond motifs is 1. The van der Waals surface area contributed by atoms with Crippen molar-refractivity contribution in [1.29, 1.82) is 0 Å². The number of nitrogens with zero attached hydrogens (tertiary/aromatic N) is 2. The number of benzene rings is 2. The number of carboxylic acids is 1. The molecule has 2 fully saturated rings. The fourth-order valence-electron chi connectivity index (χ4n) is 7.60. The molecule has 2 aromatic rings. The molecule has 0 saturated carbocycles. The Balaban J connectivity index is 1.49. The van der Waals surface area contributed by atoms with E-state index in [0.29, 0.717) is 41.5 Å². The van der Waals surface area contributed by atoms with Gasteiger partial charge in [-0.15, -0.1) is 0 Å². The second-order valence-electron chi connectivity index (χ2n) is 12.9. The van der Waals surface area contributed by atoms with Crippen molar-refractivity contribution in [3.05, 3.63) is 47.3 Å². The predicted molar refractivity (Wildman–Crippen MR) is 173 cm³/mol. The number of carbonyl (C=O) groups is 2. The van der Waals surface area contributed by atoms with Crippen molar-refractivity contribution < 1.29 is 38.0 Å². The lowest BCUT2D eigenvalue weighted by Crippen LogP contribution is -2.48. The van der Waals surface area contributed by atoms with Crippen LogP contribution in [0.3, 0.4) is 0 Å². The number of amides is 1. The van der Waals surface area contributed by atoms with Crippen molar-refractivity contribution in [2.45, 2.75) is 103 Å². The Bertz CT molecular complexity index is 1360. The summed E-state index contributed by atoms with van der Waals surface area (Å²) in [5.41, 5.74) is 1.94. The summed E-state index contributed by atoms with van der Waals surface area (Å²) >= 11 is 0. The van der Waals surface area contributed by atoms with Gasteiger partial charge < -0.3 is 29.0 Å². The number of halogens is 1. The van der Waals surface area contributed by atoms with Gasteiger partial charge in [0, 0.05) is 36.8 Å². The van der Waals surface area contributed by atoms with Crippen LogP contribution in [-0.4, -0.2) is 73.7 Å². The molecule has 0 aliphatic carbocycles. The molecule has 2 unspecified atom stereocenters. The van der Waals surface area contributed by atoms with Crippen molar-refractivity contribution in [3.63, 3.8) is 0 Å². The maximum absolute atomic E-state index is 14.5. The third-order valence-electron chi connectivity index (χ3n) is 9.84. The molecule has 5 rings (SSSR count). The Labute approximate surface area is 271 Å². The number of carboxylic acid groups (broad SMARTS) is 1. The number of hydrogen-bond donors (Lipinski definition) is 1. The summed E-state index contributed by atoms with van der Waals surface area (Å²) in [5, 5.41) is 10.7. The summed E-state index contributed by atoms with van der Waals surface area (Å²) in [4.78, 5) is 31.5. The highest BCUT2D eigenvalue weighted by Gasteiger charge is 2.48. The van der Waals surface area contributed by atoms with E-state index in [4.69, 9.17) is 18.9 Å². The molecule has 3 aliphatic heterocycles. The van der Waals surface area contributed by atoms with Gasteiger partial charge in [-0.2, -0.15) is 0 Å². The Hall–Kier alpha value is -3.37. The fourth-order valence-corrected chi connectivity index (χ4v) is 7.60. The van der Waals surface area contributed by atoms with Gasteiger partial charge >= 0.3 is 5.97 Å². The Morgan fingerprint density at radius 3 is 2.54 bits per heavy atom. The van der Waals surface area contributed by atoms with Crippen LogP contribution in [0.5, 0.6) is 17.2 Å². The molecule has 0 aromatic heterocycles. The number of aryl methyl sites for hydroxylation is 1. The average molecular weight is 641 g/mol. The number of methoxy groups -OCH3 is 1. The molecule has 1 N–H and O–H groups in total. The first-order chi connectivity index (χ1) is 22.2. The number of anilines is 1. The van der Waals surface area contributed by atoms with Gasteiger partial charge in [-0.25, -0.2) is 4.39 Å². The van der Waals surface area contributed by atoms with Gasteiger partial charge in [0.15, 0.2) is 11.5 Å². The highest BCUT2D eigenvalue weighted by molar-refractivity contribution is 5.95. The van der Waals surface area contributed by atoms with E-state index >= 15 is 0 Å². The number of carbonyl (C=O) groups excluding carboxylic acids is 1. The largest absolute Gasteiger partial charge is 0.493 e. The van der Waals surface area contributed by atoms with Gasteiger partial charge in [-0.3, -0.25) is 14.5 Å². The number of ether oxygens (including phenoxy) is 4. The zero-order valence-corrected chi connectivity index (χ0v) is 27.6. The molecule has 10 heteroatoms. The lowest BCUT2D eigenvalue weighted by atomic mass is 9.83. The van der Waals surface area contributed by atoms with Crippen LogP contribution in [0, 0.1) is 18.7 Å². The molecule has 0 spiro atoms. The highest BCUT2D eigenvalue weighted by atomic mass is 19.1. The van der Waals surface area contributed by atoms with Gasteiger partial charge in [0.05, 0.1) is 25.7 Å². The zero-order chi connectivity index (χ0) is 32.8. The normalized spacial score (nSPS) is 22.7. The third kappa shape index (κ3) is 7.44. The summed E-state index contributed by atoms with van der Waals surface area (Å²) in [6.45, 7) is 7.15. The summed E-state index contributed by atoms with van der Waals surface area (Å²) in [6.07, 6.45) is 7.94. The van der Waals surface area contributed by atoms with Gasteiger partial charge in [-0.1, -0.05) is 26.7 Å². The molecule has 1 amide bonds. The maximum atomic E-state index is 14.5. The number of hydrogen-bond acceptors (Lipinski definition) is 7. The molecular formula is C36H49FN2O7. The third-order valence-corrected chi connectivity index (χ3v) is 9.84. The zero-order valence-electron chi connectivity index (χ0n) is 27.6. The van der Waals surface area contributed by atoms with Crippen LogP contribution in [0.15, 0.2) is 30.3 Å². The molecule has 0 bridgehead atoms. The molecular weight excluding hydrogens is 591 g/mol. The SMILES string of the molecule is CCCC(CCC)N(C(=O)CN1C[C@H](c2cc(OC)c3c(c2)OCO3)C(C(=O)O)[C@@H]1CCC1CCCCO1)c1ccc(F)c(C)c1. The topological polar surface area (TPSA) is 97.8 Å². The summed E-state index contributed by atoms with van der Waals surface area (Å²) < 4.78 is 37.2. The van der Waals surface area contributed by atoms with Crippen molar-refractivity contribution in [2.24, 2.45) is 5.92 Å². The summed E-state index contributed by atoms with van der Waals surface area (Å²) in [6, 6.07) is 8.11. The minimum atomic E-state index is -0.896. The van der Waals surface area contributed by atoms with Gasteiger partial charge in [0.2, 0.25) is 18.4 Å². The molecule has 9 nitrogen and oxygen atoms in total. The molecule has 4 atom stereocenters. The Morgan fingerprint density at radius 1 is 1.11 bits per heavy atom. The van der Waals surface area contributed by atoms with Crippen LogP contribution < -0.4 is 19.1 Å². The van der Waals surface area contributed by atoms with Crippen molar-refractivity contribution >= 4 is 17.6 Å². The summed E-state index contributed by atoms with van der Waals surface area (Å²) in [5.74, 6) is -0.945. The van der Waals surface area contributed by atoms with E-state index in [1.807, 2.05) is 17.0 Å². The van der Waals surface area contributed by atoms with Gasteiger partial charge in [0.1, 0.15) is 5.82 Å². The minimum absolute atomic E-state index is 0.0479.